The van der Waals surface area contributed by atoms with Gasteiger partial charge in [0.05, 0.1) is 6.54 Å². The van der Waals surface area contributed by atoms with E-state index in [4.69, 9.17) is 9.26 Å². The van der Waals surface area contributed by atoms with Crippen molar-refractivity contribution in [2.24, 2.45) is 0 Å². The fourth-order valence-corrected chi connectivity index (χ4v) is 1.82. The maximum atomic E-state index is 11.9. The lowest BCUT2D eigenvalue weighted by molar-refractivity contribution is 0.0205. The van der Waals surface area contributed by atoms with Crippen LogP contribution < -0.4 is 0 Å². The van der Waals surface area contributed by atoms with E-state index >= 15 is 0 Å². The largest absolute Gasteiger partial charge is 0.444 e. The van der Waals surface area contributed by atoms with Gasteiger partial charge in [-0.1, -0.05) is 5.16 Å². The lowest BCUT2D eigenvalue weighted by Crippen LogP contribution is -2.39. The van der Waals surface area contributed by atoms with Gasteiger partial charge >= 0.3 is 6.09 Å². The molecule has 1 amide bonds. The quantitative estimate of drug-likeness (QED) is 0.712. The third kappa shape index (κ3) is 2.52. The summed E-state index contributed by atoms with van der Waals surface area (Å²) in [6, 6.07) is 0. The molecule has 1 aromatic heterocycles. The average molecular weight is 252 g/mol. The van der Waals surface area contributed by atoms with Gasteiger partial charge in [0.25, 0.3) is 0 Å². The molecule has 1 aliphatic heterocycles. The molecule has 0 unspecified atom stereocenters. The van der Waals surface area contributed by atoms with Crippen LogP contribution in [0.4, 0.5) is 4.79 Å². The molecule has 0 saturated heterocycles. The molecule has 0 aliphatic carbocycles. The second-order valence-electron chi connectivity index (χ2n) is 5.24. The van der Waals surface area contributed by atoms with E-state index in [9.17, 15) is 9.59 Å². The van der Waals surface area contributed by atoms with Gasteiger partial charge in [-0.15, -0.1) is 0 Å². The number of carbonyl (C=O) groups excluding carboxylic acids is 2. The van der Waals surface area contributed by atoms with Crippen molar-refractivity contribution in [2.45, 2.75) is 39.3 Å². The number of carbonyl (C=O) groups is 2. The number of amides is 1. The zero-order valence-corrected chi connectivity index (χ0v) is 10.7. The minimum atomic E-state index is -0.521. The number of fused-ring (bicyclic) bond motifs is 1. The number of rotatable bonds is 1. The van der Waals surface area contributed by atoms with Gasteiger partial charge in [0.2, 0.25) is 0 Å². The Morgan fingerprint density at radius 3 is 2.83 bits per heavy atom. The van der Waals surface area contributed by atoms with Crippen LogP contribution in [0.3, 0.4) is 0 Å². The molecule has 0 spiro atoms. The lowest BCUT2D eigenvalue weighted by Gasteiger charge is -2.29. The number of ether oxygens (including phenoxy) is 1. The van der Waals surface area contributed by atoms with E-state index in [0.717, 1.165) is 5.56 Å². The van der Waals surface area contributed by atoms with E-state index in [1.165, 1.54) is 0 Å². The van der Waals surface area contributed by atoms with Crippen LogP contribution in [0.2, 0.25) is 0 Å². The molecule has 0 N–H and O–H groups in total. The zero-order valence-electron chi connectivity index (χ0n) is 10.7. The van der Waals surface area contributed by atoms with Crippen molar-refractivity contribution in [1.82, 2.24) is 10.1 Å². The first-order chi connectivity index (χ1) is 8.40. The number of aldehydes is 1. The summed E-state index contributed by atoms with van der Waals surface area (Å²) in [7, 11) is 0. The molecule has 0 bridgehead atoms. The molecule has 0 saturated carbocycles. The maximum absolute atomic E-state index is 11.9. The summed E-state index contributed by atoms with van der Waals surface area (Å²) < 4.78 is 10.3. The molecule has 2 heterocycles. The molecule has 0 fully saturated rings. The van der Waals surface area contributed by atoms with Gasteiger partial charge in [0.15, 0.2) is 12.0 Å². The Bertz CT molecular complexity index is 473. The van der Waals surface area contributed by atoms with E-state index in [0.29, 0.717) is 37.3 Å². The van der Waals surface area contributed by atoms with E-state index in [-0.39, 0.29) is 6.09 Å². The summed E-state index contributed by atoms with van der Waals surface area (Å²) in [5.74, 6) is 0.564. The van der Waals surface area contributed by atoms with Crippen molar-refractivity contribution in [1.29, 1.82) is 0 Å². The van der Waals surface area contributed by atoms with Crippen LogP contribution in [-0.2, 0) is 17.7 Å². The van der Waals surface area contributed by atoms with Crippen molar-refractivity contribution in [3.63, 3.8) is 0 Å². The Labute approximate surface area is 105 Å². The Kier molecular flexibility index (Phi) is 3.11. The van der Waals surface area contributed by atoms with Gasteiger partial charge in [-0.25, -0.2) is 4.79 Å². The average Bonchev–Trinajstić information content (AvgIpc) is 2.68. The van der Waals surface area contributed by atoms with Crippen LogP contribution in [0, 0.1) is 0 Å². The Hall–Kier alpha value is -1.85. The standard InChI is InChI=1S/C12H16N2O4/c1-12(2,3)17-11(16)14-5-4-8-9(7-15)13-18-10(8)6-14/h7H,4-6H2,1-3H3. The van der Waals surface area contributed by atoms with Crippen LogP contribution in [0.25, 0.3) is 0 Å². The minimum absolute atomic E-state index is 0.297. The van der Waals surface area contributed by atoms with Crippen molar-refractivity contribution < 1.29 is 18.8 Å². The summed E-state index contributed by atoms with van der Waals surface area (Å²) in [6.45, 7) is 6.26. The van der Waals surface area contributed by atoms with Gasteiger partial charge in [0, 0.05) is 12.1 Å². The number of aromatic nitrogens is 1. The monoisotopic (exact) mass is 252 g/mol. The predicted octanol–water partition coefficient (Wildman–Crippen LogP) is 1.78. The summed E-state index contributed by atoms with van der Waals surface area (Å²) in [4.78, 5) is 24.1. The topological polar surface area (TPSA) is 72.6 Å². The van der Waals surface area contributed by atoms with Crippen molar-refractivity contribution >= 4 is 12.4 Å². The SMILES string of the molecule is CC(C)(C)OC(=O)N1CCc2c(C=O)noc2C1. The second kappa shape index (κ2) is 4.44. The molecule has 98 valence electrons. The first-order valence-corrected chi connectivity index (χ1v) is 5.81. The van der Waals surface area contributed by atoms with Gasteiger partial charge in [-0.2, -0.15) is 0 Å². The predicted molar refractivity (Wildman–Crippen MR) is 62.2 cm³/mol. The molecule has 6 nitrogen and oxygen atoms in total. The van der Waals surface area contributed by atoms with Crippen molar-refractivity contribution in [3.8, 4) is 0 Å². The number of hydrogen-bond donors (Lipinski definition) is 0. The molecule has 18 heavy (non-hydrogen) atoms. The van der Waals surface area contributed by atoms with E-state index in [1.807, 2.05) is 20.8 Å². The van der Waals surface area contributed by atoms with Gasteiger partial charge in [-0.05, 0) is 27.2 Å². The Balaban J connectivity index is 2.08. The molecule has 1 aliphatic rings. The number of hydrogen-bond acceptors (Lipinski definition) is 5. The zero-order chi connectivity index (χ0) is 13.3. The van der Waals surface area contributed by atoms with Gasteiger partial charge < -0.3 is 14.2 Å². The van der Waals surface area contributed by atoms with Crippen molar-refractivity contribution in [3.05, 3.63) is 17.0 Å². The molecule has 0 aromatic carbocycles. The maximum Gasteiger partial charge on any atom is 0.410 e. The molecule has 0 radical (unpaired) electrons. The Morgan fingerprint density at radius 1 is 1.50 bits per heavy atom. The van der Waals surface area contributed by atoms with E-state index in [2.05, 4.69) is 5.16 Å². The van der Waals surface area contributed by atoms with Crippen LogP contribution in [0.1, 0.15) is 42.6 Å². The van der Waals surface area contributed by atoms with Crippen LogP contribution in [-0.4, -0.2) is 34.6 Å². The fraction of sp³-hybridized carbons (Fsp3) is 0.583. The lowest BCUT2D eigenvalue weighted by atomic mass is 10.1. The third-order valence-electron chi connectivity index (χ3n) is 2.63. The van der Waals surface area contributed by atoms with Crippen LogP contribution >= 0.6 is 0 Å². The van der Waals surface area contributed by atoms with Crippen LogP contribution in [0.15, 0.2) is 4.52 Å². The van der Waals surface area contributed by atoms with E-state index in [1.54, 1.807) is 4.90 Å². The highest BCUT2D eigenvalue weighted by atomic mass is 16.6. The third-order valence-corrected chi connectivity index (χ3v) is 2.63. The second-order valence-corrected chi connectivity index (χ2v) is 5.24. The van der Waals surface area contributed by atoms with E-state index < -0.39 is 5.60 Å². The first kappa shape index (κ1) is 12.6. The summed E-state index contributed by atoms with van der Waals surface area (Å²) in [5.41, 5.74) is 0.603. The van der Waals surface area contributed by atoms with Gasteiger partial charge in [-0.3, -0.25) is 4.79 Å². The normalized spacial score (nSPS) is 15.2. The smallest absolute Gasteiger partial charge is 0.410 e. The highest BCUT2D eigenvalue weighted by Crippen LogP contribution is 2.22. The van der Waals surface area contributed by atoms with Crippen molar-refractivity contribution in [2.75, 3.05) is 6.54 Å². The number of nitrogens with zero attached hydrogens (tertiary/aromatic N) is 2. The molecule has 2 rings (SSSR count). The van der Waals surface area contributed by atoms with Gasteiger partial charge in [0.1, 0.15) is 11.3 Å². The highest BCUT2D eigenvalue weighted by molar-refractivity contribution is 5.75. The minimum Gasteiger partial charge on any atom is -0.444 e. The highest BCUT2D eigenvalue weighted by Gasteiger charge is 2.29. The first-order valence-electron chi connectivity index (χ1n) is 5.81. The summed E-state index contributed by atoms with van der Waals surface area (Å²) in [5, 5.41) is 3.66. The fourth-order valence-electron chi connectivity index (χ4n) is 1.82. The Morgan fingerprint density at radius 2 is 2.22 bits per heavy atom. The summed E-state index contributed by atoms with van der Waals surface area (Å²) >= 11 is 0. The summed E-state index contributed by atoms with van der Waals surface area (Å²) in [6.07, 6.45) is 0.856. The molecular formula is C12H16N2O4. The van der Waals surface area contributed by atoms with Crippen LogP contribution in [0.5, 0.6) is 0 Å². The molecule has 6 heteroatoms. The molecule has 1 aromatic rings. The molecule has 0 atom stereocenters. The molecular weight excluding hydrogens is 236 g/mol.